The molecule has 0 radical (unpaired) electrons. The van der Waals surface area contributed by atoms with Crippen LogP contribution in [0.5, 0.6) is 0 Å². The van der Waals surface area contributed by atoms with Crippen LogP contribution in [0, 0.1) is 0 Å². The van der Waals surface area contributed by atoms with Crippen LogP contribution in [0.15, 0.2) is 0 Å². The Balaban J connectivity index is 2.29. The van der Waals surface area contributed by atoms with Crippen LogP contribution in [0.1, 0.15) is 25.7 Å². The average Bonchev–Trinajstić information content (AvgIpc) is 2.14. The number of nitrogens with zero attached hydrogens (tertiary/aromatic N) is 1. The fraction of sp³-hybridized carbons (Fsp3) is 0.889. The van der Waals surface area contributed by atoms with Crippen molar-refractivity contribution < 1.29 is 23.1 Å². The third-order valence-electron chi connectivity index (χ3n) is 2.44. The second-order valence-corrected chi connectivity index (χ2v) is 3.73. The minimum absolute atomic E-state index is 0.359. The van der Waals surface area contributed by atoms with Crippen molar-refractivity contribution in [1.82, 2.24) is 4.90 Å². The molecule has 0 unspecified atom stereocenters. The molecule has 0 bridgehead atoms. The highest BCUT2D eigenvalue weighted by Crippen LogP contribution is 2.22. The van der Waals surface area contributed by atoms with Crippen molar-refractivity contribution in [1.29, 1.82) is 0 Å². The van der Waals surface area contributed by atoms with E-state index in [0.29, 0.717) is 25.9 Å². The normalized spacial score (nSPS) is 19.3. The van der Waals surface area contributed by atoms with Crippen molar-refractivity contribution in [3.05, 3.63) is 0 Å². The van der Waals surface area contributed by atoms with Crippen molar-refractivity contribution in [2.75, 3.05) is 13.1 Å². The number of hydrogen-bond donors (Lipinski definition) is 1. The van der Waals surface area contributed by atoms with Gasteiger partial charge in [0, 0.05) is 19.5 Å². The van der Waals surface area contributed by atoms with E-state index in [1.54, 1.807) is 0 Å². The summed E-state index contributed by atoms with van der Waals surface area (Å²) in [7, 11) is 0. The topological polar surface area (TPSA) is 40.5 Å². The Hall–Kier alpha value is -0.780. The van der Waals surface area contributed by atoms with Crippen molar-refractivity contribution in [3.63, 3.8) is 0 Å². The van der Waals surface area contributed by atoms with Gasteiger partial charge in [0.25, 0.3) is 0 Å². The number of alkyl halides is 3. The molecule has 15 heavy (non-hydrogen) atoms. The van der Waals surface area contributed by atoms with Gasteiger partial charge in [-0.15, -0.1) is 0 Å². The third-order valence-corrected chi connectivity index (χ3v) is 2.44. The fourth-order valence-electron chi connectivity index (χ4n) is 1.52. The number of rotatable bonds is 2. The molecule has 0 aromatic heterocycles. The lowest BCUT2D eigenvalue weighted by atomic mass is 10.1. The summed E-state index contributed by atoms with van der Waals surface area (Å²) in [5, 5.41) is 9.15. The SMILES string of the molecule is O=C(CCC(F)(F)F)N1CCC(O)CC1. The highest BCUT2D eigenvalue weighted by Gasteiger charge is 2.30. The zero-order valence-electron chi connectivity index (χ0n) is 8.26. The van der Waals surface area contributed by atoms with Gasteiger partial charge in [-0.3, -0.25) is 4.79 Å². The standard InChI is InChI=1S/C9H14F3NO2/c10-9(11,12)4-1-8(15)13-5-2-7(14)3-6-13/h7,14H,1-6H2. The molecular formula is C9H14F3NO2. The lowest BCUT2D eigenvalue weighted by Crippen LogP contribution is -2.40. The molecule has 1 aliphatic rings. The second kappa shape index (κ2) is 4.83. The number of aliphatic hydroxyl groups excluding tert-OH is 1. The number of carbonyl (C=O) groups excluding carboxylic acids is 1. The lowest BCUT2D eigenvalue weighted by molar-refractivity contribution is -0.150. The number of hydrogen-bond acceptors (Lipinski definition) is 2. The predicted octanol–water partition coefficient (Wildman–Crippen LogP) is 1.31. The van der Waals surface area contributed by atoms with Crippen LogP contribution in [-0.2, 0) is 4.79 Å². The Kier molecular flexibility index (Phi) is 3.96. The van der Waals surface area contributed by atoms with E-state index < -0.39 is 31.0 Å². The van der Waals surface area contributed by atoms with Gasteiger partial charge in [0.05, 0.1) is 12.5 Å². The summed E-state index contributed by atoms with van der Waals surface area (Å²) in [5.41, 5.74) is 0. The molecule has 1 saturated heterocycles. The first-order chi connectivity index (χ1) is 6.88. The van der Waals surface area contributed by atoms with E-state index in [4.69, 9.17) is 5.11 Å². The number of amides is 1. The monoisotopic (exact) mass is 225 g/mol. The van der Waals surface area contributed by atoms with Crippen LogP contribution in [-0.4, -0.2) is 41.3 Å². The average molecular weight is 225 g/mol. The number of halogens is 3. The zero-order chi connectivity index (χ0) is 11.5. The smallest absolute Gasteiger partial charge is 0.389 e. The minimum atomic E-state index is -4.27. The van der Waals surface area contributed by atoms with Gasteiger partial charge < -0.3 is 10.0 Å². The van der Waals surface area contributed by atoms with Crippen molar-refractivity contribution in [2.24, 2.45) is 0 Å². The number of piperidine rings is 1. The number of carbonyl (C=O) groups is 1. The highest BCUT2D eigenvalue weighted by molar-refractivity contribution is 5.76. The summed E-state index contributed by atoms with van der Waals surface area (Å²) >= 11 is 0. The maximum atomic E-state index is 11.8. The third kappa shape index (κ3) is 4.51. The molecule has 1 aliphatic heterocycles. The highest BCUT2D eigenvalue weighted by atomic mass is 19.4. The maximum absolute atomic E-state index is 11.8. The van der Waals surface area contributed by atoms with Crippen LogP contribution in [0.25, 0.3) is 0 Å². The molecule has 0 aromatic carbocycles. The molecule has 1 N–H and O–H groups in total. The molecule has 0 saturated carbocycles. The van der Waals surface area contributed by atoms with E-state index in [1.807, 2.05) is 0 Å². The molecule has 1 amide bonds. The first-order valence-corrected chi connectivity index (χ1v) is 4.91. The molecule has 88 valence electrons. The van der Waals surface area contributed by atoms with Crippen LogP contribution >= 0.6 is 0 Å². The van der Waals surface area contributed by atoms with E-state index in [1.165, 1.54) is 4.90 Å². The van der Waals surface area contributed by atoms with Gasteiger partial charge in [-0.2, -0.15) is 13.2 Å². The molecule has 3 nitrogen and oxygen atoms in total. The lowest BCUT2D eigenvalue weighted by Gasteiger charge is -2.29. The van der Waals surface area contributed by atoms with Crippen molar-refractivity contribution in [2.45, 2.75) is 38.0 Å². The summed E-state index contributed by atoms with van der Waals surface area (Å²) in [6, 6.07) is 0. The Labute approximate surface area is 85.9 Å². The van der Waals surface area contributed by atoms with Gasteiger partial charge in [0.1, 0.15) is 0 Å². The predicted molar refractivity (Wildman–Crippen MR) is 47.1 cm³/mol. The summed E-state index contributed by atoms with van der Waals surface area (Å²) in [5.74, 6) is -0.473. The van der Waals surface area contributed by atoms with E-state index >= 15 is 0 Å². The van der Waals surface area contributed by atoms with Gasteiger partial charge in [-0.05, 0) is 12.8 Å². The molecule has 0 aromatic rings. The molecule has 0 spiro atoms. The van der Waals surface area contributed by atoms with Gasteiger partial charge in [0.15, 0.2) is 0 Å². The van der Waals surface area contributed by atoms with Crippen LogP contribution in [0.3, 0.4) is 0 Å². The molecule has 1 fully saturated rings. The quantitative estimate of drug-likeness (QED) is 0.769. The summed E-state index contributed by atoms with van der Waals surface area (Å²) in [6.45, 7) is 0.718. The molecule has 0 aliphatic carbocycles. The summed E-state index contributed by atoms with van der Waals surface area (Å²) in [6.07, 6.45) is -5.33. The van der Waals surface area contributed by atoms with Crippen molar-refractivity contribution >= 4 is 5.91 Å². The maximum Gasteiger partial charge on any atom is 0.389 e. The Morgan fingerprint density at radius 1 is 1.33 bits per heavy atom. The Morgan fingerprint density at radius 3 is 2.33 bits per heavy atom. The van der Waals surface area contributed by atoms with E-state index in [2.05, 4.69) is 0 Å². The van der Waals surface area contributed by atoms with Gasteiger partial charge in [-0.25, -0.2) is 0 Å². The molecular weight excluding hydrogens is 211 g/mol. The van der Waals surface area contributed by atoms with Crippen molar-refractivity contribution in [3.8, 4) is 0 Å². The molecule has 1 heterocycles. The fourth-order valence-corrected chi connectivity index (χ4v) is 1.52. The second-order valence-electron chi connectivity index (χ2n) is 3.73. The van der Waals surface area contributed by atoms with E-state index in [0.717, 1.165) is 0 Å². The summed E-state index contributed by atoms with van der Waals surface area (Å²) < 4.78 is 35.5. The Bertz CT molecular complexity index is 222. The van der Waals surface area contributed by atoms with Gasteiger partial charge in [-0.1, -0.05) is 0 Å². The number of likely N-dealkylation sites (tertiary alicyclic amines) is 1. The molecule has 6 heteroatoms. The summed E-state index contributed by atoms with van der Waals surface area (Å²) in [4.78, 5) is 12.7. The first kappa shape index (κ1) is 12.3. The van der Waals surface area contributed by atoms with Crippen LogP contribution in [0.4, 0.5) is 13.2 Å². The molecule has 0 atom stereocenters. The van der Waals surface area contributed by atoms with E-state index in [-0.39, 0.29) is 0 Å². The van der Waals surface area contributed by atoms with Gasteiger partial charge >= 0.3 is 6.18 Å². The van der Waals surface area contributed by atoms with Crippen LogP contribution in [0.2, 0.25) is 0 Å². The first-order valence-electron chi connectivity index (χ1n) is 4.91. The minimum Gasteiger partial charge on any atom is -0.393 e. The van der Waals surface area contributed by atoms with E-state index in [9.17, 15) is 18.0 Å². The Morgan fingerprint density at radius 2 is 1.87 bits per heavy atom. The zero-order valence-corrected chi connectivity index (χ0v) is 8.26. The number of aliphatic hydroxyl groups is 1. The van der Waals surface area contributed by atoms with Gasteiger partial charge in [0.2, 0.25) is 5.91 Å². The molecule has 1 rings (SSSR count). The van der Waals surface area contributed by atoms with Crippen LogP contribution < -0.4 is 0 Å². The largest absolute Gasteiger partial charge is 0.393 e.